The van der Waals surface area contributed by atoms with Gasteiger partial charge >= 0.3 is 5.97 Å². The third kappa shape index (κ3) is 3.06. The van der Waals surface area contributed by atoms with Gasteiger partial charge in [-0.3, -0.25) is 4.79 Å². The maximum absolute atomic E-state index is 12.7. The van der Waals surface area contributed by atoms with Gasteiger partial charge < -0.3 is 29.9 Å². The van der Waals surface area contributed by atoms with Gasteiger partial charge in [-0.1, -0.05) is 0 Å². The largest absolute Gasteiger partial charge is 0.508 e. The number of aromatic hydroxyl groups is 4. The number of benzene rings is 3. The Morgan fingerprint density at radius 1 is 0.833 bits per heavy atom. The molecule has 30 heavy (non-hydrogen) atoms. The van der Waals surface area contributed by atoms with Crippen LogP contribution in [0.25, 0.3) is 33.4 Å². The van der Waals surface area contributed by atoms with Gasteiger partial charge in [0.25, 0.3) is 0 Å². The van der Waals surface area contributed by atoms with Crippen LogP contribution >= 0.6 is 0 Å². The molecule has 0 saturated heterocycles. The number of phenolic OH excluding ortho intramolecular Hbond substituents is 4. The molecule has 1 heterocycles. The molecule has 0 atom stereocenters. The van der Waals surface area contributed by atoms with E-state index in [2.05, 4.69) is 0 Å². The minimum atomic E-state index is -1.27. The van der Waals surface area contributed by atoms with Crippen molar-refractivity contribution in [2.75, 3.05) is 0 Å². The van der Waals surface area contributed by atoms with E-state index in [9.17, 15) is 35.1 Å². The molecule has 0 bridgehead atoms. The predicted molar refractivity (Wildman–Crippen MR) is 107 cm³/mol. The summed E-state index contributed by atoms with van der Waals surface area (Å²) in [7, 11) is 0. The van der Waals surface area contributed by atoms with Gasteiger partial charge in [0.1, 0.15) is 39.7 Å². The van der Waals surface area contributed by atoms with Crippen molar-refractivity contribution in [1.82, 2.24) is 0 Å². The van der Waals surface area contributed by atoms with E-state index >= 15 is 0 Å². The van der Waals surface area contributed by atoms with Crippen molar-refractivity contribution in [3.63, 3.8) is 0 Å². The average molecular weight is 406 g/mol. The Labute approximate surface area is 168 Å². The zero-order valence-corrected chi connectivity index (χ0v) is 15.2. The highest BCUT2D eigenvalue weighted by atomic mass is 16.4. The second-order valence-electron chi connectivity index (χ2n) is 6.55. The quantitative estimate of drug-likeness (QED) is 0.346. The van der Waals surface area contributed by atoms with E-state index in [1.807, 2.05) is 0 Å². The van der Waals surface area contributed by atoms with Crippen molar-refractivity contribution in [2.45, 2.75) is 0 Å². The highest BCUT2D eigenvalue weighted by Gasteiger charge is 2.22. The van der Waals surface area contributed by atoms with E-state index in [1.165, 1.54) is 24.3 Å². The number of rotatable bonds is 3. The van der Waals surface area contributed by atoms with Gasteiger partial charge in [-0.15, -0.1) is 0 Å². The predicted octanol–water partition coefficient (Wildman–Crippen LogP) is 3.65. The summed E-state index contributed by atoms with van der Waals surface area (Å²) >= 11 is 0. The highest BCUT2D eigenvalue weighted by Crippen LogP contribution is 2.45. The number of carboxylic acid groups (broad SMARTS) is 1. The Bertz CT molecular complexity index is 1370. The van der Waals surface area contributed by atoms with E-state index in [0.717, 1.165) is 30.3 Å². The van der Waals surface area contributed by atoms with Crippen LogP contribution in [0.1, 0.15) is 10.4 Å². The second kappa shape index (κ2) is 6.85. The minimum absolute atomic E-state index is 0.0326. The Morgan fingerprint density at radius 2 is 1.53 bits per heavy atom. The molecular formula is C22H14O8. The molecule has 0 aliphatic heterocycles. The van der Waals surface area contributed by atoms with Crippen molar-refractivity contribution in [1.29, 1.82) is 0 Å². The summed E-state index contributed by atoms with van der Waals surface area (Å²) in [5.41, 5.74) is -0.884. The first-order valence-corrected chi connectivity index (χ1v) is 8.65. The van der Waals surface area contributed by atoms with Gasteiger partial charge in [0.2, 0.25) is 0 Å². The fourth-order valence-corrected chi connectivity index (χ4v) is 3.19. The summed E-state index contributed by atoms with van der Waals surface area (Å²) in [4.78, 5) is 23.9. The van der Waals surface area contributed by atoms with Gasteiger partial charge in [-0.05, 0) is 42.5 Å². The molecule has 8 heteroatoms. The fourth-order valence-electron chi connectivity index (χ4n) is 3.19. The Balaban J connectivity index is 1.97. The standard InChI is InChI=1S/C22H14O8/c23-12-4-1-10(2-5-12)17-8-16(26)20-18(30-17)9-15(25)19(21(20)27)13-7-11(22(28)29)3-6-14(13)24/h1-9,23-25,27H,(H,28,29). The van der Waals surface area contributed by atoms with E-state index in [1.54, 1.807) is 0 Å². The van der Waals surface area contributed by atoms with Crippen LogP contribution in [0, 0.1) is 0 Å². The molecule has 4 rings (SSSR count). The summed E-state index contributed by atoms with van der Waals surface area (Å²) in [6, 6.07) is 11.5. The molecule has 150 valence electrons. The zero-order chi connectivity index (χ0) is 21.6. The van der Waals surface area contributed by atoms with Crippen LogP contribution in [-0.4, -0.2) is 31.5 Å². The summed E-state index contributed by atoms with van der Waals surface area (Å²) in [5.74, 6) is -2.66. The SMILES string of the molecule is O=C(O)c1ccc(O)c(-c2c(O)cc3oc(-c4ccc(O)cc4)cc(=O)c3c2O)c1. The van der Waals surface area contributed by atoms with Gasteiger partial charge in [-0.2, -0.15) is 0 Å². The van der Waals surface area contributed by atoms with E-state index in [0.29, 0.717) is 5.56 Å². The van der Waals surface area contributed by atoms with E-state index in [-0.39, 0.29) is 39.2 Å². The van der Waals surface area contributed by atoms with Crippen molar-refractivity contribution in [2.24, 2.45) is 0 Å². The van der Waals surface area contributed by atoms with Gasteiger partial charge in [-0.25, -0.2) is 4.79 Å². The lowest BCUT2D eigenvalue weighted by Gasteiger charge is -2.13. The second-order valence-corrected chi connectivity index (χ2v) is 6.55. The molecule has 0 spiro atoms. The Hall–Kier alpha value is -4.46. The topological polar surface area (TPSA) is 148 Å². The zero-order valence-electron chi connectivity index (χ0n) is 15.2. The normalized spacial score (nSPS) is 10.9. The first kappa shape index (κ1) is 18.9. The maximum atomic E-state index is 12.7. The Kier molecular flexibility index (Phi) is 4.31. The summed E-state index contributed by atoms with van der Waals surface area (Å²) in [6.07, 6.45) is 0. The third-order valence-corrected chi connectivity index (χ3v) is 4.64. The number of carbonyl (C=O) groups is 1. The third-order valence-electron chi connectivity index (χ3n) is 4.64. The van der Waals surface area contributed by atoms with E-state index in [4.69, 9.17) is 4.42 Å². The summed E-state index contributed by atoms with van der Waals surface area (Å²) in [5, 5.41) is 49.6. The molecule has 0 fully saturated rings. The molecule has 1 aromatic heterocycles. The minimum Gasteiger partial charge on any atom is -0.508 e. The summed E-state index contributed by atoms with van der Waals surface area (Å²) in [6.45, 7) is 0. The average Bonchev–Trinajstić information content (AvgIpc) is 2.69. The number of aromatic carboxylic acids is 1. The lowest BCUT2D eigenvalue weighted by molar-refractivity contribution is 0.0697. The number of carboxylic acids is 1. The van der Waals surface area contributed by atoms with Crippen molar-refractivity contribution < 1.29 is 34.7 Å². The van der Waals surface area contributed by atoms with E-state index < -0.39 is 28.6 Å². The molecule has 0 saturated carbocycles. The number of hydrogen-bond acceptors (Lipinski definition) is 7. The van der Waals surface area contributed by atoms with Crippen molar-refractivity contribution in [3.05, 3.63) is 70.4 Å². The molecule has 4 aromatic rings. The molecule has 0 aliphatic carbocycles. The van der Waals surface area contributed by atoms with Crippen LogP contribution < -0.4 is 5.43 Å². The van der Waals surface area contributed by atoms with Crippen LogP contribution in [0.2, 0.25) is 0 Å². The van der Waals surface area contributed by atoms with Crippen LogP contribution in [0.15, 0.2) is 63.8 Å². The lowest BCUT2D eigenvalue weighted by atomic mass is 9.97. The van der Waals surface area contributed by atoms with Crippen LogP contribution in [-0.2, 0) is 0 Å². The van der Waals surface area contributed by atoms with Gasteiger partial charge in [0, 0.05) is 23.3 Å². The summed E-state index contributed by atoms with van der Waals surface area (Å²) < 4.78 is 5.66. The van der Waals surface area contributed by atoms with Crippen LogP contribution in [0.5, 0.6) is 23.0 Å². The highest BCUT2D eigenvalue weighted by molar-refractivity contribution is 5.98. The molecule has 5 N–H and O–H groups in total. The van der Waals surface area contributed by atoms with Crippen molar-refractivity contribution in [3.8, 4) is 45.4 Å². The van der Waals surface area contributed by atoms with Crippen LogP contribution in [0.3, 0.4) is 0 Å². The molecule has 0 aliphatic rings. The van der Waals surface area contributed by atoms with Gasteiger partial charge in [0.15, 0.2) is 5.43 Å². The molecule has 8 nitrogen and oxygen atoms in total. The fraction of sp³-hybridized carbons (Fsp3) is 0. The molecule has 3 aromatic carbocycles. The van der Waals surface area contributed by atoms with Crippen molar-refractivity contribution >= 4 is 16.9 Å². The maximum Gasteiger partial charge on any atom is 0.335 e. The molecule has 0 amide bonds. The first-order valence-electron chi connectivity index (χ1n) is 8.65. The lowest BCUT2D eigenvalue weighted by Crippen LogP contribution is -2.02. The number of phenols is 4. The van der Waals surface area contributed by atoms with Gasteiger partial charge in [0.05, 0.1) is 11.1 Å². The first-order chi connectivity index (χ1) is 14.3. The molecular weight excluding hydrogens is 392 g/mol. The molecule has 0 radical (unpaired) electrons. The number of hydrogen-bond donors (Lipinski definition) is 5. The number of fused-ring (bicyclic) bond motifs is 1. The monoisotopic (exact) mass is 406 g/mol. The molecule has 0 unspecified atom stereocenters. The van der Waals surface area contributed by atoms with Crippen LogP contribution in [0.4, 0.5) is 0 Å². The Morgan fingerprint density at radius 3 is 2.20 bits per heavy atom. The smallest absolute Gasteiger partial charge is 0.335 e.